The summed E-state index contributed by atoms with van der Waals surface area (Å²) in [5, 5.41) is 3.57. The maximum absolute atomic E-state index is 11.8. The SMILES string of the molecule is [3H]OC(=O)C(=[CH-])C(=O)c1cc(C)c(C)nc1Cl.[Y]. The Labute approximate surface area is 130 Å². The minimum atomic E-state index is -1.22. The van der Waals surface area contributed by atoms with Crippen LogP contribution in [0, 0.1) is 20.4 Å². The van der Waals surface area contributed by atoms with Gasteiger partial charge in [-0.25, -0.2) is 11.6 Å². The van der Waals surface area contributed by atoms with Crippen molar-refractivity contribution in [3.05, 3.63) is 40.2 Å². The molecule has 0 spiro atoms. The molecule has 0 saturated heterocycles. The molecule has 0 aliphatic carbocycles. The van der Waals surface area contributed by atoms with Crippen molar-refractivity contribution in [2.75, 3.05) is 0 Å². The summed E-state index contributed by atoms with van der Waals surface area (Å²) in [6.07, 6.45) is 0. The zero-order chi connectivity index (χ0) is 13.2. The van der Waals surface area contributed by atoms with Gasteiger partial charge in [0.2, 0.25) is 5.97 Å². The predicted octanol–water partition coefficient (Wildman–Crippen LogP) is 1.98. The molecule has 6 heteroatoms. The Morgan fingerprint density at radius 3 is 2.65 bits per heavy atom. The van der Waals surface area contributed by atoms with Gasteiger partial charge < -0.3 is 14.7 Å². The standard InChI is InChI=1S/C11H9ClNO3.Y/c1-5-4-8(10(12)13-7(5)3)9(14)6(2)11(15)16;/h2,4H,1,3H3,(H,15,16);/q-1;/i/hT. The van der Waals surface area contributed by atoms with Crippen LogP contribution in [-0.2, 0) is 37.5 Å². The van der Waals surface area contributed by atoms with E-state index in [-0.39, 0.29) is 43.4 Å². The van der Waals surface area contributed by atoms with Crippen molar-refractivity contribution in [2.45, 2.75) is 13.8 Å². The first-order chi connectivity index (χ1) is 7.88. The van der Waals surface area contributed by atoms with Gasteiger partial charge in [0.15, 0.2) is 0 Å². The van der Waals surface area contributed by atoms with E-state index in [0.717, 1.165) is 5.56 Å². The molecule has 1 rings (SSSR count). The number of Topliss-reactive ketones (excluding diaryl/α,β-unsaturated/α-hetero) is 1. The summed E-state index contributed by atoms with van der Waals surface area (Å²) in [4.78, 5) is 26.6. The van der Waals surface area contributed by atoms with Crippen molar-refractivity contribution in [2.24, 2.45) is 0 Å². The van der Waals surface area contributed by atoms with Crippen LogP contribution in [0.5, 0.6) is 0 Å². The van der Waals surface area contributed by atoms with Crippen molar-refractivity contribution < 1.29 is 47.4 Å². The van der Waals surface area contributed by atoms with E-state index >= 15 is 0 Å². The molecule has 0 fully saturated rings. The summed E-state index contributed by atoms with van der Waals surface area (Å²) in [6.45, 7) is 8.73. The molecule has 1 aromatic rings. The van der Waals surface area contributed by atoms with E-state index < -0.39 is 17.3 Å². The number of carboxylic acid groups (broad SMARTS) is 1. The third kappa shape index (κ3) is 3.70. The molecule has 0 unspecified atom stereocenters. The molecule has 87 valence electrons. The van der Waals surface area contributed by atoms with Crippen LogP contribution < -0.4 is 0 Å². The third-order valence-electron chi connectivity index (χ3n) is 2.13. The van der Waals surface area contributed by atoms with E-state index in [1.807, 2.05) is 0 Å². The van der Waals surface area contributed by atoms with Gasteiger partial charge in [-0.05, 0) is 19.4 Å². The molecule has 0 aliphatic rings. The summed E-state index contributed by atoms with van der Waals surface area (Å²) in [5.74, 6) is -2.02. The molecule has 0 saturated carbocycles. The number of carbonyl (C=O) groups is 2. The fraction of sp³-hybridized carbons (Fsp3) is 0.182. The van der Waals surface area contributed by atoms with Crippen LogP contribution in [0.4, 0.5) is 0 Å². The molecule has 1 aromatic heterocycles. The Kier molecular flexibility index (Phi) is 5.44. The number of hydrogen-bond acceptors (Lipinski definition) is 4. The van der Waals surface area contributed by atoms with Crippen LogP contribution in [0.2, 0.25) is 5.15 Å². The largest absolute Gasteiger partial charge is 0.535 e. The second-order valence-electron chi connectivity index (χ2n) is 3.26. The van der Waals surface area contributed by atoms with E-state index in [0.29, 0.717) is 5.69 Å². The van der Waals surface area contributed by atoms with Gasteiger partial charge in [0.05, 0.1) is 5.78 Å². The summed E-state index contributed by atoms with van der Waals surface area (Å²) in [6, 6.07) is 1.48. The fourth-order valence-electron chi connectivity index (χ4n) is 1.07. The molecule has 0 atom stereocenters. The fourth-order valence-corrected chi connectivity index (χ4v) is 1.34. The van der Waals surface area contributed by atoms with E-state index in [1.54, 1.807) is 13.8 Å². The van der Waals surface area contributed by atoms with Crippen LogP contribution in [0.1, 0.15) is 21.6 Å². The number of ketones is 1. The van der Waals surface area contributed by atoms with Crippen molar-refractivity contribution >= 4 is 23.4 Å². The summed E-state index contributed by atoms with van der Waals surface area (Å²) in [5.41, 5.74) is 0.725. The number of aliphatic carboxylic acids is 1. The normalized spacial score (nSPS) is 9.94. The predicted molar refractivity (Wildman–Crippen MR) is 58.5 cm³/mol. The number of hydrogen-bond donors (Lipinski definition) is 1. The average molecular weight is 330 g/mol. The first-order valence-electron chi connectivity index (χ1n) is 4.77. The third-order valence-corrected chi connectivity index (χ3v) is 2.42. The number of rotatable bonds is 3. The quantitative estimate of drug-likeness (QED) is 0.230. The molecular weight excluding hydrogens is 318 g/mol. The molecule has 0 aliphatic heterocycles. The monoisotopic (exact) mass is 329 g/mol. The number of halogens is 1. The Morgan fingerprint density at radius 2 is 2.12 bits per heavy atom. The van der Waals surface area contributed by atoms with E-state index in [9.17, 15) is 9.59 Å². The Bertz CT molecular complexity index is 519. The molecule has 0 bridgehead atoms. The first kappa shape index (κ1) is 14.5. The van der Waals surface area contributed by atoms with Crippen molar-refractivity contribution in [1.82, 2.24) is 4.98 Å². The minimum absolute atomic E-state index is 0. The number of carboxylic acids is 1. The summed E-state index contributed by atoms with van der Waals surface area (Å²) in [7, 11) is 0. The van der Waals surface area contributed by atoms with Crippen LogP contribution in [0.15, 0.2) is 11.6 Å². The van der Waals surface area contributed by atoms with Crippen LogP contribution in [0.25, 0.3) is 1.43 Å². The second-order valence-corrected chi connectivity index (χ2v) is 3.62. The van der Waals surface area contributed by atoms with Gasteiger partial charge in [0.25, 0.3) is 1.43 Å². The van der Waals surface area contributed by atoms with Gasteiger partial charge in [0.1, 0.15) is 5.15 Å². The van der Waals surface area contributed by atoms with Gasteiger partial charge in [-0.3, -0.25) is 0 Å². The van der Waals surface area contributed by atoms with Gasteiger partial charge in [0, 0.05) is 44.0 Å². The molecule has 17 heavy (non-hydrogen) atoms. The summed E-state index contributed by atoms with van der Waals surface area (Å²) < 4.78 is 6.37. The average Bonchev–Trinajstić information content (AvgIpc) is 2.31. The van der Waals surface area contributed by atoms with Gasteiger partial charge in [-0.1, -0.05) is 23.2 Å². The van der Waals surface area contributed by atoms with E-state index in [4.69, 9.17) is 19.6 Å². The number of aryl methyl sites for hydroxylation is 2. The Balaban J connectivity index is 0.00000289. The minimum Gasteiger partial charge on any atom is -0.535 e. The second kappa shape index (κ2) is 6.38. The van der Waals surface area contributed by atoms with Crippen LogP contribution >= 0.6 is 11.6 Å². The summed E-state index contributed by atoms with van der Waals surface area (Å²) >= 11 is 5.79. The van der Waals surface area contributed by atoms with Gasteiger partial charge >= 0.3 is 0 Å². The first-order valence-corrected chi connectivity index (χ1v) is 4.74. The molecule has 1 radical (unpaired) electrons. The zero-order valence-electron chi connectivity index (χ0n) is 10.3. The topological polar surface area (TPSA) is 67.3 Å². The molecule has 0 aromatic carbocycles. The van der Waals surface area contributed by atoms with E-state index in [2.05, 4.69) is 10.1 Å². The zero-order valence-corrected chi connectivity index (χ0v) is 12.9. The molecule has 4 nitrogen and oxygen atoms in total. The Hall–Kier alpha value is -0.576. The van der Waals surface area contributed by atoms with Crippen molar-refractivity contribution in [1.29, 1.82) is 1.43 Å². The molecule has 0 amide bonds. The Morgan fingerprint density at radius 1 is 1.53 bits per heavy atom. The maximum atomic E-state index is 11.8. The molecule has 1 N–H and O–H groups in total. The van der Waals surface area contributed by atoms with Crippen molar-refractivity contribution in [3.8, 4) is 0 Å². The molecule has 1 heterocycles. The number of pyridine rings is 1. The molecular formula is C11H9ClNO3Y-. The number of aromatic nitrogens is 1. The number of carbonyl (C=O) groups excluding carboxylic acids is 1. The number of nitrogens with zero attached hydrogens (tertiary/aromatic N) is 1. The van der Waals surface area contributed by atoms with E-state index in [1.165, 1.54) is 6.07 Å². The van der Waals surface area contributed by atoms with Gasteiger partial charge in [-0.2, -0.15) is 0 Å². The smallest absolute Gasteiger partial charge is 0.275 e. The van der Waals surface area contributed by atoms with Crippen molar-refractivity contribution in [3.63, 3.8) is 0 Å². The van der Waals surface area contributed by atoms with Gasteiger partial charge in [-0.15, -0.1) is 0 Å². The maximum Gasteiger partial charge on any atom is 0.275 e. The van der Waals surface area contributed by atoms with Crippen LogP contribution in [0.3, 0.4) is 0 Å². The van der Waals surface area contributed by atoms with Crippen LogP contribution in [-0.4, -0.2) is 21.8 Å².